The minimum absolute atomic E-state index is 0.0483. The number of halogens is 1. The summed E-state index contributed by atoms with van der Waals surface area (Å²) in [4.78, 5) is 29.5. The van der Waals surface area contributed by atoms with E-state index in [1.54, 1.807) is 23.2 Å². The van der Waals surface area contributed by atoms with Crippen LogP contribution >= 0.6 is 11.6 Å². The normalized spacial score (nSPS) is 18.8. The maximum absolute atomic E-state index is 11.9. The van der Waals surface area contributed by atoms with Crippen LogP contribution in [0.15, 0.2) is 18.3 Å². The third-order valence-electron chi connectivity index (χ3n) is 3.28. The highest BCUT2D eigenvalue weighted by atomic mass is 35.5. The van der Waals surface area contributed by atoms with E-state index in [1.807, 2.05) is 20.8 Å². The summed E-state index contributed by atoms with van der Waals surface area (Å²) >= 11 is 5.88. The van der Waals surface area contributed by atoms with E-state index in [-0.39, 0.29) is 22.6 Å². The molecule has 21 heavy (non-hydrogen) atoms. The summed E-state index contributed by atoms with van der Waals surface area (Å²) in [5.74, 6) is 0.0483. The van der Waals surface area contributed by atoms with Gasteiger partial charge in [-0.05, 0) is 32.9 Å². The summed E-state index contributed by atoms with van der Waals surface area (Å²) < 4.78 is 0. The number of aromatic nitrogens is 1. The van der Waals surface area contributed by atoms with Crippen LogP contribution in [-0.2, 0) is 4.79 Å². The molecular weight excluding hydrogens is 292 g/mol. The zero-order valence-electron chi connectivity index (χ0n) is 12.3. The van der Waals surface area contributed by atoms with Crippen molar-refractivity contribution < 1.29 is 9.59 Å². The van der Waals surface area contributed by atoms with Gasteiger partial charge in [0, 0.05) is 24.7 Å². The Balaban J connectivity index is 1.93. The monoisotopic (exact) mass is 310 g/mol. The number of pyridine rings is 1. The Morgan fingerprint density at radius 1 is 1.48 bits per heavy atom. The van der Waals surface area contributed by atoms with E-state index < -0.39 is 6.03 Å². The van der Waals surface area contributed by atoms with Gasteiger partial charge in [0.05, 0.1) is 11.7 Å². The molecule has 3 amide bonds. The summed E-state index contributed by atoms with van der Waals surface area (Å²) in [5.41, 5.74) is 0.199. The molecule has 0 aliphatic carbocycles. The standard InChI is InChI=1S/C14H19ClN4O2/c1-14(2,3)19-8-9(7-11(19)20)17-13(21)18-10-5-4-6-16-12(10)15/h4-6,9H,7-8H2,1-3H3,(H2,17,18,21). The lowest BCUT2D eigenvalue weighted by Crippen LogP contribution is -2.45. The van der Waals surface area contributed by atoms with Crippen molar-refractivity contribution in [3.05, 3.63) is 23.5 Å². The fourth-order valence-electron chi connectivity index (χ4n) is 2.28. The number of hydrogen-bond donors (Lipinski definition) is 2. The third kappa shape index (κ3) is 3.85. The zero-order valence-corrected chi connectivity index (χ0v) is 13.1. The van der Waals surface area contributed by atoms with Crippen LogP contribution in [0.1, 0.15) is 27.2 Å². The molecule has 0 spiro atoms. The fraction of sp³-hybridized carbons (Fsp3) is 0.500. The molecular formula is C14H19ClN4O2. The number of rotatable bonds is 2. The van der Waals surface area contributed by atoms with Crippen molar-refractivity contribution in [2.45, 2.75) is 38.8 Å². The number of likely N-dealkylation sites (tertiary alicyclic amines) is 1. The minimum Gasteiger partial charge on any atom is -0.336 e. The van der Waals surface area contributed by atoms with Gasteiger partial charge in [-0.2, -0.15) is 0 Å². The molecule has 1 aliphatic rings. The second-order valence-corrected chi connectivity index (χ2v) is 6.37. The van der Waals surface area contributed by atoms with E-state index in [0.717, 1.165) is 0 Å². The number of hydrogen-bond acceptors (Lipinski definition) is 3. The van der Waals surface area contributed by atoms with Crippen molar-refractivity contribution in [2.24, 2.45) is 0 Å². The van der Waals surface area contributed by atoms with Crippen LogP contribution in [0.5, 0.6) is 0 Å². The van der Waals surface area contributed by atoms with E-state index in [9.17, 15) is 9.59 Å². The molecule has 1 unspecified atom stereocenters. The smallest absolute Gasteiger partial charge is 0.319 e. The first-order valence-electron chi connectivity index (χ1n) is 6.76. The van der Waals surface area contributed by atoms with Crippen molar-refractivity contribution >= 4 is 29.2 Å². The molecule has 1 aromatic rings. The minimum atomic E-state index is -0.390. The first-order chi connectivity index (χ1) is 9.77. The van der Waals surface area contributed by atoms with Gasteiger partial charge in [-0.15, -0.1) is 0 Å². The van der Waals surface area contributed by atoms with Crippen LogP contribution in [0.4, 0.5) is 10.5 Å². The number of amides is 3. The molecule has 2 N–H and O–H groups in total. The van der Waals surface area contributed by atoms with Gasteiger partial charge >= 0.3 is 6.03 Å². The Morgan fingerprint density at radius 3 is 2.76 bits per heavy atom. The average Bonchev–Trinajstić information content (AvgIpc) is 2.73. The Kier molecular flexibility index (Phi) is 4.37. The highest BCUT2D eigenvalue weighted by Gasteiger charge is 2.36. The Labute approximate surface area is 128 Å². The predicted octanol–water partition coefficient (Wildman–Crippen LogP) is 2.26. The SMILES string of the molecule is CC(C)(C)N1CC(NC(=O)Nc2cccnc2Cl)CC1=O. The second-order valence-electron chi connectivity index (χ2n) is 6.02. The number of carbonyl (C=O) groups excluding carboxylic acids is 2. The molecule has 7 heteroatoms. The molecule has 1 aromatic heterocycles. The highest BCUT2D eigenvalue weighted by Crippen LogP contribution is 2.22. The topological polar surface area (TPSA) is 74.3 Å². The number of nitrogens with one attached hydrogen (secondary N) is 2. The molecule has 0 aromatic carbocycles. The van der Waals surface area contributed by atoms with Crippen molar-refractivity contribution in [3.63, 3.8) is 0 Å². The van der Waals surface area contributed by atoms with Gasteiger partial charge < -0.3 is 15.5 Å². The van der Waals surface area contributed by atoms with Crippen LogP contribution in [-0.4, -0.2) is 39.9 Å². The van der Waals surface area contributed by atoms with Gasteiger partial charge in [0.25, 0.3) is 0 Å². The predicted molar refractivity (Wildman–Crippen MR) is 81.3 cm³/mol. The molecule has 1 fully saturated rings. The third-order valence-corrected chi connectivity index (χ3v) is 3.58. The van der Waals surface area contributed by atoms with Gasteiger partial charge in [-0.25, -0.2) is 9.78 Å². The van der Waals surface area contributed by atoms with Crippen molar-refractivity contribution in [3.8, 4) is 0 Å². The van der Waals surface area contributed by atoms with E-state index in [2.05, 4.69) is 15.6 Å². The molecule has 2 rings (SSSR count). The maximum atomic E-state index is 11.9. The fourth-order valence-corrected chi connectivity index (χ4v) is 2.44. The van der Waals surface area contributed by atoms with Gasteiger partial charge in [-0.1, -0.05) is 11.6 Å². The van der Waals surface area contributed by atoms with Crippen LogP contribution in [0.3, 0.4) is 0 Å². The molecule has 2 heterocycles. The number of carbonyl (C=O) groups is 2. The average molecular weight is 311 g/mol. The van der Waals surface area contributed by atoms with Crippen molar-refractivity contribution in [2.75, 3.05) is 11.9 Å². The number of nitrogens with zero attached hydrogens (tertiary/aromatic N) is 2. The quantitative estimate of drug-likeness (QED) is 0.823. The lowest BCUT2D eigenvalue weighted by molar-refractivity contribution is -0.131. The molecule has 1 saturated heterocycles. The first-order valence-corrected chi connectivity index (χ1v) is 7.13. The zero-order chi connectivity index (χ0) is 15.6. The second kappa shape index (κ2) is 5.89. The molecule has 1 aliphatic heterocycles. The van der Waals surface area contributed by atoms with E-state index in [1.165, 1.54) is 0 Å². The van der Waals surface area contributed by atoms with Crippen LogP contribution in [0.2, 0.25) is 5.15 Å². The maximum Gasteiger partial charge on any atom is 0.319 e. The summed E-state index contributed by atoms with van der Waals surface area (Å²) in [6.07, 6.45) is 1.85. The summed E-state index contributed by atoms with van der Waals surface area (Å²) in [7, 11) is 0. The Morgan fingerprint density at radius 2 is 2.19 bits per heavy atom. The van der Waals surface area contributed by atoms with Crippen LogP contribution in [0, 0.1) is 0 Å². The molecule has 0 radical (unpaired) electrons. The molecule has 6 nitrogen and oxygen atoms in total. The van der Waals surface area contributed by atoms with Gasteiger partial charge in [0.2, 0.25) is 5.91 Å². The van der Waals surface area contributed by atoms with Gasteiger partial charge in [-0.3, -0.25) is 4.79 Å². The van der Waals surface area contributed by atoms with Crippen molar-refractivity contribution in [1.82, 2.24) is 15.2 Å². The lowest BCUT2D eigenvalue weighted by Gasteiger charge is -2.32. The summed E-state index contributed by atoms with van der Waals surface area (Å²) in [5, 5.41) is 5.65. The lowest BCUT2D eigenvalue weighted by atomic mass is 10.1. The van der Waals surface area contributed by atoms with Gasteiger partial charge in [0.1, 0.15) is 0 Å². The molecule has 0 saturated carbocycles. The van der Waals surface area contributed by atoms with Crippen LogP contribution in [0.25, 0.3) is 0 Å². The number of anilines is 1. The van der Waals surface area contributed by atoms with E-state index in [0.29, 0.717) is 18.7 Å². The van der Waals surface area contributed by atoms with Crippen LogP contribution < -0.4 is 10.6 Å². The van der Waals surface area contributed by atoms with Gasteiger partial charge in [0.15, 0.2) is 5.15 Å². The molecule has 114 valence electrons. The highest BCUT2D eigenvalue weighted by molar-refractivity contribution is 6.32. The van der Waals surface area contributed by atoms with Crippen molar-refractivity contribution in [1.29, 1.82) is 0 Å². The van der Waals surface area contributed by atoms with E-state index in [4.69, 9.17) is 11.6 Å². The Bertz CT molecular complexity index is 556. The first kappa shape index (κ1) is 15.6. The molecule has 0 bridgehead atoms. The largest absolute Gasteiger partial charge is 0.336 e. The summed E-state index contributed by atoms with van der Waals surface area (Å²) in [6.45, 7) is 6.44. The van der Waals surface area contributed by atoms with E-state index >= 15 is 0 Å². The molecule has 1 atom stereocenters. The Hall–Kier alpha value is -1.82. The summed E-state index contributed by atoms with van der Waals surface area (Å²) in [6, 6.07) is 2.75. The number of urea groups is 1.